The van der Waals surface area contributed by atoms with Crippen molar-refractivity contribution in [3.8, 4) is 5.75 Å². The lowest BCUT2D eigenvalue weighted by atomic mass is 9.84. The van der Waals surface area contributed by atoms with E-state index in [2.05, 4.69) is 0 Å². The molecule has 2 aliphatic heterocycles. The summed E-state index contributed by atoms with van der Waals surface area (Å²) in [6.07, 6.45) is -1.32. The molecule has 0 saturated carbocycles. The smallest absolute Gasteiger partial charge is 0.327 e. The number of phenolic OH excluding ortho intramolecular Hbond substituents is 1. The fourth-order valence-electron chi connectivity index (χ4n) is 5.08. The third kappa shape index (κ3) is 3.91. The van der Waals surface area contributed by atoms with Crippen molar-refractivity contribution in [3.05, 3.63) is 76.3 Å². The van der Waals surface area contributed by atoms with E-state index in [9.17, 15) is 48.9 Å². The molecule has 13 nitrogen and oxygen atoms in total. The van der Waals surface area contributed by atoms with Crippen LogP contribution in [-0.2, 0) is 20.8 Å². The molecule has 0 spiro atoms. The number of phenols is 1. The van der Waals surface area contributed by atoms with Crippen molar-refractivity contribution in [3.63, 3.8) is 0 Å². The molecule has 4 N–H and O–H groups in total. The van der Waals surface area contributed by atoms with E-state index in [4.69, 9.17) is 5.11 Å². The van der Waals surface area contributed by atoms with Gasteiger partial charge in [0.25, 0.3) is 23.6 Å². The predicted octanol–water partition coefficient (Wildman–Crippen LogP) is 1.36. The minimum absolute atomic E-state index is 0.0605. The van der Waals surface area contributed by atoms with Gasteiger partial charge in [-0.25, -0.2) is 9.59 Å². The molecular weight excluding hydrogens is 528 g/mol. The summed E-state index contributed by atoms with van der Waals surface area (Å²) in [7, 11) is 0. The average Bonchev–Trinajstić information content (AvgIpc) is 2.90. The van der Waals surface area contributed by atoms with Gasteiger partial charge in [-0.15, -0.1) is 0 Å². The Balaban J connectivity index is 1.62. The van der Waals surface area contributed by atoms with Crippen molar-refractivity contribution in [2.24, 2.45) is 0 Å². The lowest BCUT2D eigenvalue weighted by molar-refractivity contribution is -0.148. The van der Waals surface area contributed by atoms with Crippen molar-refractivity contribution in [2.75, 3.05) is 0 Å². The highest BCUT2D eigenvalue weighted by molar-refractivity contribution is 6.34. The van der Waals surface area contributed by atoms with Crippen molar-refractivity contribution in [2.45, 2.75) is 24.9 Å². The normalized spacial score (nSPS) is 15.8. The first-order valence-corrected chi connectivity index (χ1v) is 11.7. The number of carbonyl (C=O) groups is 7. The van der Waals surface area contributed by atoms with Gasteiger partial charge in [-0.1, -0.05) is 12.1 Å². The van der Waals surface area contributed by atoms with Crippen LogP contribution in [-0.4, -0.2) is 83.8 Å². The van der Waals surface area contributed by atoms with Crippen LogP contribution in [0.1, 0.15) is 53.4 Å². The van der Waals surface area contributed by atoms with E-state index in [1.807, 2.05) is 0 Å². The SMILES string of the molecule is O=C(O)C[C@@H](C(=O)O)N1C(=O)c2ccc3c4c(ccc(c24)C1=O)C(=O)N([C@@H](Cc1ccc(O)cc1)C(=O)O)C3=O. The maximum Gasteiger partial charge on any atom is 0.327 e. The zero-order valence-corrected chi connectivity index (χ0v) is 20.2. The largest absolute Gasteiger partial charge is 0.508 e. The zero-order chi connectivity index (χ0) is 29.0. The molecular formula is C27H18N2O11. The monoisotopic (exact) mass is 546 g/mol. The number of hydrogen-bond donors (Lipinski definition) is 4. The van der Waals surface area contributed by atoms with E-state index in [1.165, 1.54) is 36.4 Å². The summed E-state index contributed by atoms with van der Waals surface area (Å²) in [6.45, 7) is 0. The molecule has 40 heavy (non-hydrogen) atoms. The molecule has 0 fully saturated rings. The maximum absolute atomic E-state index is 13.6. The van der Waals surface area contributed by atoms with E-state index >= 15 is 0 Å². The molecule has 202 valence electrons. The Bertz CT molecular complexity index is 1620. The highest BCUT2D eigenvalue weighted by atomic mass is 16.4. The fraction of sp³-hybridized carbons (Fsp3) is 0.148. The third-order valence-electron chi connectivity index (χ3n) is 6.88. The lowest BCUT2D eigenvalue weighted by Crippen LogP contribution is -2.53. The zero-order valence-electron chi connectivity index (χ0n) is 20.2. The molecule has 3 aromatic carbocycles. The van der Waals surface area contributed by atoms with Crippen LogP contribution in [0.3, 0.4) is 0 Å². The lowest BCUT2D eigenvalue weighted by Gasteiger charge is -2.35. The van der Waals surface area contributed by atoms with E-state index in [-0.39, 0.29) is 45.2 Å². The molecule has 0 aliphatic carbocycles. The molecule has 2 aliphatic rings. The number of nitrogens with zero attached hydrogens (tertiary/aromatic N) is 2. The molecule has 0 unspecified atom stereocenters. The van der Waals surface area contributed by atoms with Gasteiger partial charge in [0.15, 0.2) is 0 Å². The van der Waals surface area contributed by atoms with Crippen LogP contribution in [0.15, 0.2) is 48.5 Å². The second-order valence-corrected chi connectivity index (χ2v) is 9.21. The Labute approximate surface area is 223 Å². The highest BCUT2D eigenvalue weighted by Crippen LogP contribution is 2.39. The molecule has 0 aromatic heterocycles. The van der Waals surface area contributed by atoms with Crippen molar-refractivity contribution in [1.82, 2.24) is 9.80 Å². The van der Waals surface area contributed by atoms with Crippen LogP contribution in [0.2, 0.25) is 0 Å². The molecule has 3 aromatic rings. The molecule has 2 heterocycles. The summed E-state index contributed by atoms with van der Waals surface area (Å²) in [5, 5.41) is 37.9. The first-order chi connectivity index (χ1) is 18.9. The van der Waals surface area contributed by atoms with Gasteiger partial charge in [0.05, 0.1) is 6.42 Å². The molecule has 0 bridgehead atoms. The summed E-state index contributed by atoms with van der Waals surface area (Å²) in [5.74, 6) is -9.00. The van der Waals surface area contributed by atoms with E-state index in [1.54, 1.807) is 0 Å². The van der Waals surface area contributed by atoms with Crippen molar-refractivity contribution < 1.29 is 54.0 Å². The van der Waals surface area contributed by atoms with Gasteiger partial charge in [-0.05, 0) is 42.0 Å². The topological polar surface area (TPSA) is 207 Å². The minimum Gasteiger partial charge on any atom is -0.508 e. The van der Waals surface area contributed by atoms with Crippen molar-refractivity contribution in [1.29, 1.82) is 0 Å². The number of benzene rings is 3. The van der Waals surface area contributed by atoms with Crippen LogP contribution >= 0.6 is 0 Å². The Morgan fingerprint density at radius 1 is 0.600 bits per heavy atom. The van der Waals surface area contributed by atoms with Gasteiger partial charge in [0, 0.05) is 39.4 Å². The maximum atomic E-state index is 13.6. The number of carboxylic acid groups (broad SMARTS) is 3. The number of carboxylic acids is 3. The van der Waals surface area contributed by atoms with Gasteiger partial charge in [0.2, 0.25) is 0 Å². The van der Waals surface area contributed by atoms with Gasteiger partial charge >= 0.3 is 17.9 Å². The predicted molar refractivity (Wildman–Crippen MR) is 132 cm³/mol. The van der Waals surface area contributed by atoms with Crippen LogP contribution in [0.4, 0.5) is 0 Å². The molecule has 13 heteroatoms. The Morgan fingerprint density at radius 2 is 0.975 bits per heavy atom. The second-order valence-electron chi connectivity index (χ2n) is 9.21. The average molecular weight is 546 g/mol. The number of amides is 4. The van der Waals surface area contributed by atoms with Crippen LogP contribution < -0.4 is 0 Å². The molecule has 0 saturated heterocycles. The molecule has 2 atom stereocenters. The number of aliphatic carboxylic acids is 3. The summed E-state index contributed by atoms with van der Waals surface area (Å²) in [6, 6.07) is 6.54. The number of aromatic hydroxyl groups is 1. The van der Waals surface area contributed by atoms with Gasteiger partial charge in [0.1, 0.15) is 17.8 Å². The first kappa shape index (κ1) is 26.0. The second kappa shape index (κ2) is 9.31. The molecule has 4 amide bonds. The van der Waals surface area contributed by atoms with Crippen LogP contribution in [0, 0.1) is 0 Å². The van der Waals surface area contributed by atoms with E-state index in [0.717, 1.165) is 12.1 Å². The number of rotatable bonds is 8. The number of hydrogen-bond acceptors (Lipinski definition) is 8. The first-order valence-electron chi connectivity index (χ1n) is 11.7. The quantitative estimate of drug-likeness (QED) is 0.297. The van der Waals surface area contributed by atoms with E-state index < -0.39 is 60.0 Å². The number of carbonyl (C=O) groups excluding carboxylic acids is 4. The van der Waals surface area contributed by atoms with Crippen LogP contribution in [0.5, 0.6) is 5.75 Å². The summed E-state index contributed by atoms with van der Waals surface area (Å²) in [4.78, 5) is 89.8. The standard InChI is InChI=1S/C27H18N2O11/c30-12-3-1-11(2-4-12)9-17(26(37)38)28-22(33)13-5-7-15-21-16(8-6-14(20(13)21)23(28)34)25(36)29(24(15)35)18(27(39)40)10-19(31)32/h1-8,17-18,30H,9-10H2,(H,31,32)(H,37,38)(H,39,40)/t17-,18-/m0/s1. The number of imide groups is 2. The van der Waals surface area contributed by atoms with Gasteiger partial charge < -0.3 is 20.4 Å². The summed E-state index contributed by atoms with van der Waals surface area (Å²) < 4.78 is 0. The fourth-order valence-corrected chi connectivity index (χ4v) is 5.08. The summed E-state index contributed by atoms with van der Waals surface area (Å²) >= 11 is 0. The Hall–Kier alpha value is -5.59. The summed E-state index contributed by atoms with van der Waals surface area (Å²) in [5.41, 5.74) is -0.324. The Morgan fingerprint density at radius 3 is 1.32 bits per heavy atom. The molecule has 5 rings (SSSR count). The third-order valence-corrected chi connectivity index (χ3v) is 6.88. The Kier molecular flexibility index (Phi) is 6.06. The van der Waals surface area contributed by atoms with Crippen molar-refractivity contribution >= 4 is 52.3 Å². The molecule has 0 radical (unpaired) electrons. The minimum atomic E-state index is -2.01. The van der Waals surface area contributed by atoms with Gasteiger partial charge in [-0.2, -0.15) is 0 Å². The van der Waals surface area contributed by atoms with E-state index in [0.29, 0.717) is 15.4 Å². The highest BCUT2D eigenvalue weighted by Gasteiger charge is 2.46. The van der Waals surface area contributed by atoms with Crippen LogP contribution in [0.25, 0.3) is 10.8 Å². The van der Waals surface area contributed by atoms with Gasteiger partial charge in [-0.3, -0.25) is 33.8 Å².